The highest BCUT2D eigenvalue weighted by Gasteiger charge is 2.38. The Morgan fingerprint density at radius 2 is 1.76 bits per heavy atom. The maximum Gasteiger partial charge on any atom is 0.248 e. The molecule has 8 heteroatoms. The molecule has 1 aromatic heterocycles. The van der Waals surface area contributed by atoms with E-state index < -0.39 is 10.0 Å². The fourth-order valence-electron chi connectivity index (χ4n) is 5.89. The smallest absolute Gasteiger partial charge is 0.248 e. The zero-order valence-electron chi connectivity index (χ0n) is 22.5. The van der Waals surface area contributed by atoms with Crippen molar-refractivity contribution in [3.8, 4) is 0 Å². The summed E-state index contributed by atoms with van der Waals surface area (Å²) in [5, 5.41) is 3.99. The molecule has 38 heavy (non-hydrogen) atoms. The number of aromatic nitrogens is 1. The van der Waals surface area contributed by atoms with E-state index in [9.17, 15) is 13.2 Å². The van der Waals surface area contributed by atoms with Crippen molar-refractivity contribution >= 4 is 33.8 Å². The average Bonchev–Trinajstić information content (AvgIpc) is 3.28. The lowest BCUT2D eigenvalue weighted by atomic mass is 9.95. The van der Waals surface area contributed by atoms with Gasteiger partial charge in [-0.2, -0.15) is 4.31 Å². The minimum atomic E-state index is -3.91. The largest absolute Gasteiger partial charge is 0.355 e. The number of carbonyl (C=O) groups is 1. The van der Waals surface area contributed by atoms with Gasteiger partial charge in [-0.1, -0.05) is 47.1 Å². The van der Waals surface area contributed by atoms with Gasteiger partial charge in [0.15, 0.2) is 10.7 Å². The van der Waals surface area contributed by atoms with Crippen LogP contribution in [0.1, 0.15) is 58.5 Å². The Bertz CT molecular complexity index is 1480. The summed E-state index contributed by atoms with van der Waals surface area (Å²) in [4.78, 5) is 15.5. The molecule has 1 saturated heterocycles. The van der Waals surface area contributed by atoms with Crippen LogP contribution in [0, 0.1) is 33.6 Å². The van der Waals surface area contributed by atoms with Crippen molar-refractivity contribution in [2.75, 3.05) is 24.5 Å². The first-order chi connectivity index (χ1) is 18.2. The number of nitrogens with zero attached hydrogens (tertiary/aromatic N) is 3. The molecule has 2 aromatic carbocycles. The molecule has 0 spiro atoms. The van der Waals surface area contributed by atoms with Gasteiger partial charge in [0.1, 0.15) is 5.69 Å². The van der Waals surface area contributed by atoms with Crippen molar-refractivity contribution in [1.29, 1.82) is 0 Å². The normalized spacial score (nSPS) is 18.6. The van der Waals surface area contributed by atoms with E-state index in [0.29, 0.717) is 31.6 Å². The fraction of sp³-hybridized carbons (Fsp3) is 0.400. The van der Waals surface area contributed by atoms with Crippen LogP contribution in [0.15, 0.2) is 45.8 Å². The van der Waals surface area contributed by atoms with Crippen LogP contribution in [0.25, 0.3) is 12.2 Å². The lowest BCUT2D eigenvalue weighted by Crippen LogP contribution is -2.48. The summed E-state index contributed by atoms with van der Waals surface area (Å²) in [5.41, 5.74) is 6.86. The van der Waals surface area contributed by atoms with E-state index in [-0.39, 0.29) is 29.0 Å². The molecule has 7 nitrogen and oxygen atoms in total. The maximum absolute atomic E-state index is 13.9. The standard InChI is InChI=1S/C30H35N3O4S/c1-20-17-21(2)26(22(3)18-20)13-14-28-29(23(4)31-37-28)38(35,36)32-15-7-11-25(19-32)30(34)33-16-8-10-24-9-5-6-12-27(24)33/h5-6,9,12-14,17-18,25H,7-8,10-11,15-16,19H2,1-4H3/b14-13+. The highest BCUT2D eigenvalue weighted by atomic mass is 32.2. The summed E-state index contributed by atoms with van der Waals surface area (Å²) in [7, 11) is -3.91. The molecule has 5 rings (SSSR count). The molecule has 3 heterocycles. The zero-order chi connectivity index (χ0) is 27.0. The number of sulfonamides is 1. The summed E-state index contributed by atoms with van der Waals surface area (Å²) >= 11 is 0. The lowest BCUT2D eigenvalue weighted by Gasteiger charge is -2.36. The molecule has 0 aliphatic carbocycles. The third-order valence-corrected chi connectivity index (χ3v) is 9.70. The molecule has 0 saturated carbocycles. The molecule has 1 amide bonds. The van der Waals surface area contributed by atoms with E-state index in [1.54, 1.807) is 13.0 Å². The Morgan fingerprint density at radius 1 is 1.03 bits per heavy atom. The maximum atomic E-state index is 13.9. The van der Waals surface area contributed by atoms with E-state index >= 15 is 0 Å². The second-order valence-corrected chi connectivity index (χ2v) is 12.4. The van der Waals surface area contributed by atoms with Crippen LogP contribution in [0.2, 0.25) is 0 Å². The van der Waals surface area contributed by atoms with Gasteiger partial charge < -0.3 is 9.42 Å². The minimum absolute atomic E-state index is 0.00420. The third-order valence-electron chi connectivity index (χ3n) is 7.68. The molecule has 1 unspecified atom stereocenters. The zero-order valence-corrected chi connectivity index (χ0v) is 23.3. The van der Waals surface area contributed by atoms with Gasteiger partial charge in [0.25, 0.3) is 0 Å². The molecule has 1 atom stereocenters. The summed E-state index contributed by atoms with van der Waals surface area (Å²) in [6.45, 7) is 8.96. The van der Waals surface area contributed by atoms with E-state index in [2.05, 4.69) is 30.3 Å². The lowest BCUT2D eigenvalue weighted by molar-refractivity contribution is -0.123. The number of amides is 1. The molecule has 1 fully saturated rings. The van der Waals surface area contributed by atoms with E-state index in [1.165, 1.54) is 15.4 Å². The van der Waals surface area contributed by atoms with Gasteiger partial charge in [-0.05, 0) is 87.8 Å². The second kappa shape index (κ2) is 10.5. The van der Waals surface area contributed by atoms with Gasteiger partial charge in [-0.3, -0.25) is 4.79 Å². The highest BCUT2D eigenvalue weighted by Crippen LogP contribution is 2.33. The topological polar surface area (TPSA) is 83.7 Å². The predicted molar refractivity (Wildman–Crippen MR) is 149 cm³/mol. The molecule has 3 aromatic rings. The van der Waals surface area contributed by atoms with Gasteiger partial charge in [0, 0.05) is 25.3 Å². The monoisotopic (exact) mass is 533 g/mol. The van der Waals surface area contributed by atoms with Crippen LogP contribution in [-0.2, 0) is 21.2 Å². The number of para-hydroxylation sites is 1. The van der Waals surface area contributed by atoms with Crippen molar-refractivity contribution in [3.63, 3.8) is 0 Å². The summed E-state index contributed by atoms with van der Waals surface area (Å²) < 4.78 is 34.7. The molecular formula is C30H35N3O4S. The number of piperidine rings is 1. The number of fused-ring (bicyclic) bond motifs is 1. The van der Waals surface area contributed by atoms with Crippen molar-refractivity contribution in [2.45, 2.75) is 58.3 Å². The third kappa shape index (κ3) is 4.95. The van der Waals surface area contributed by atoms with Crippen LogP contribution in [0.5, 0.6) is 0 Å². The first kappa shape index (κ1) is 26.4. The first-order valence-electron chi connectivity index (χ1n) is 13.3. The number of benzene rings is 2. The molecular weight excluding hydrogens is 498 g/mol. The van der Waals surface area contributed by atoms with Gasteiger partial charge >= 0.3 is 0 Å². The number of carbonyl (C=O) groups excluding carboxylic acids is 1. The van der Waals surface area contributed by atoms with Crippen LogP contribution >= 0.6 is 0 Å². The summed E-state index contributed by atoms with van der Waals surface area (Å²) in [6.07, 6.45) is 6.74. The average molecular weight is 534 g/mol. The van der Waals surface area contributed by atoms with E-state index in [0.717, 1.165) is 35.2 Å². The van der Waals surface area contributed by atoms with Gasteiger partial charge in [0.2, 0.25) is 15.9 Å². The van der Waals surface area contributed by atoms with Gasteiger partial charge in [0.05, 0.1) is 5.92 Å². The number of aryl methyl sites for hydroxylation is 5. The molecule has 2 aliphatic heterocycles. The Hall–Kier alpha value is -3.23. The van der Waals surface area contributed by atoms with Crippen LogP contribution in [-0.4, -0.2) is 43.4 Å². The minimum Gasteiger partial charge on any atom is -0.355 e. The van der Waals surface area contributed by atoms with Crippen molar-refractivity contribution in [2.24, 2.45) is 5.92 Å². The van der Waals surface area contributed by atoms with Gasteiger partial charge in [-0.25, -0.2) is 8.42 Å². The van der Waals surface area contributed by atoms with Crippen LogP contribution < -0.4 is 4.90 Å². The van der Waals surface area contributed by atoms with Crippen LogP contribution in [0.3, 0.4) is 0 Å². The Morgan fingerprint density at radius 3 is 2.53 bits per heavy atom. The number of anilines is 1. The predicted octanol–water partition coefficient (Wildman–Crippen LogP) is 5.46. The van der Waals surface area contributed by atoms with E-state index in [1.807, 2.05) is 43.0 Å². The quantitative estimate of drug-likeness (QED) is 0.435. The molecule has 0 bridgehead atoms. The van der Waals surface area contributed by atoms with Crippen molar-refractivity contribution in [1.82, 2.24) is 9.46 Å². The summed E-state index contributed by atoms with van der Waals surface area (Å²) in [6, 6.07) is 12.2. The second-order valence-electron chi connectivity index (χ2n) is 10.5. The molecule has 200 valence electrons. The molecule has 0 radical (unpaired) electrons. The van der Waals surface area contributed by atoms with Crippen molar-refractivity contribution in [3.05, 3.63) is 75.7 Å². The number of rotatable bonds is 5. The van der Waals surface area contributed by atoms with Crippen LogP contribution in [0.4, 0.5) is 5.69 Å². The van der Waals surface area contributed by atoms with Crippen molar-refractivity contribution < 1.29 is 17.7 Å². The Labute approximate surface area is 225 Å². The first-order valence-corrected chi connectivity index (χ1v) is 14.7. The Balaban J connectivity index is 1.40. The summed E-state index contributed by atoms with van der Waals surface area (Å²) in [5.74, 6) is -0.175. The SMILES string of the molecule is Cc1cc(C)c(/C=C/c2onc(C)c2S(=O)(=O)N2CCCC(C(=O)N3CCCc4ccccc43)C2)c(C)c1. The highest BCUT2D eigenvalue weighted by molar-refractivity contribution is 7.89. The fourth-order valence-corrected chi connectivity index (χ4v) is 7.66. The molecule has 2 aliphatic rings. The number of hydrogen-bond acceptors (Lipinski definition) is 5. The molecule has 0 N–H and O–H groups in total. The number of hydrogen-bond donors (Lipinski definition) is 0. The van der Waals surface area contributed by atoms with E-state index in [4.69, 9.17) is 4.52 Å². The van der Waals surface area contributed by atoms with Gasteiger partial charge in [-0.15, -0.1) is 0 Å². The Kier molecular flexibility index (Phi) is 7.29.